The summed E-state index contributed by atoms with van der Waals surface area (Å²) in [5.74, 6) is 0. The molecule has 1 unspecified atom stereocenters. The van der Waals surface area contributed by atoms with E-state index in [2.05, 4.69) is 22.5 Å². The van der Waals surface area contributed by atoms with Crippen molar-refractivity contribution in [3.05, 3.63) is 34.4 Å². The molecule has 1 aromatic rings. The summed E-state index contributed by atoms with van der Waals surface area (Å²) in [4.78, 5) is 24.2. The van der Waals surface area contributed by atoms with E-state index < -0.39 is 4.92 Å². The fraction of sp³-hybridized carbons (Fsp3) is 0.500. The van der Waals surface area contributed by atoms with Crippen LogP contribution in [0.3, 0.4) is 0 Å². The van der Waals surface area contributed by atoms with Gasteiger partial charge in [0.25, 0.3) is 5.69 Å². The van der Waals surface area contributed by atoms with Crippen LogP contribution in [-0.4, -0.2) is 41.5 Å². The molecule has 7 nitrogen and oxygen atoms in total. The van der Waals surface area contributed by atoms with E-state index in [0.717, 1.165) is 19.5 Å². The number of non-ortho nitro benzene ring substituents is 1. The van der Waals surface area contributed by atoms with Crippen LogP contribution in [0.25, 0.3) is 0 Å². The van der Waals surface area contributed by atoms with E-state index in [1.165, 1.54) is 30.7 Å². The van der Waals surface area contributed by atoms with Gasteiger partial charge in [-0.15, -0.1) is 0 Å². The normalized spacial score (nSPS) is 18.4. The molecule has 0 spiro atoms. The van der Waals surface area contributed by atoms with E-state index in [1.807, 2.05) is 0 Å². The molecule has 2 amide bonds. The highest BCUT2D eigenvalue weighted by Gasteiger charge is 2.23. The number of rotatable bonds is 5. The van der Waals surface area contributed by atoms with Crippen molar-refractivity contribution in [1.82, 2.24) is 10.2 Å². The van der Waals surface area contributed by atoms with Crippen molar-refractivity contribution in [3.63, 3.8) is 0 Å². The topological polar surface area (TPSA) is 87.5 Å². The zero-order chi connectivity index (χ0) is 15.2. The second-order valence-electron chi connectivity index (χ2n) is 5.06. The predicted octanol–water partition coefficient (Wildman–Crippen LogP) is 2.20. The van der Waals surface area contributed by atoms with Gasteiger partial charge in [-0.3, -0.25) is 15.0 Å². The van der Waals surface area contributed by atoms with Gasteiger partial charge in [-0.05, 0) is 38.1 Å². The number of amides is 2. The number of nitro groups is 1. The standard InChI is InChI=1S/C14H20N4O3/c1-2-17-9-3-4-13(17)10-15-14(19)16-11-5-7-12(8-6-11)18(20)21/h5-8,13H,2-4,9-10H2,1H3,(H2,15,16,19). The monoisotopic (exact) mass is 292 g/mol. The molecule has 0 saturated carbocycles. The SMILES string of the molecule is CCN1CCCC1CNC(=O)Nc1ccc([N+](=O)[O-])cc1. The van der Waals surface area contributed by atoms with Crippen molar-refractivity contribution in [2.45, 2.75) is 25.8 Å². The minimum Gasteiger partial charge on any atom is -0.336 e. The Labute approximate surface area is 123 Å². The van der Waals surface area contributed by atoms with Gasteiger partial charge >= 0.3 is 6.03 Å². The number of nitro benzene ring substituents is 1. The molecule has 114 valence electrons. The largest absolute Gasteiger partial charge is 0.336 e. The molecule has 7 heteroatoms. The van der Waals surface area contributed by atoms with Crippen LogP contribution in [0.2, 0.25) is 0 Å². The lowest BCUT2D eigenvalue weighted by Gasteiger charge is -2.22. The molecule has 1 heterocycles. The third kappa shape index (κ3) is 4.16. The number of carbonyl (C=O) groups excluding carboxylic acids is 1. The molecule has 1 atom stereocenters. The van der Waals surface area contributed by atoms with Gasteiger partial charge in [0.2, 0.25) is 0 Å². The van der Waals surface area contributed by atoms with Crippen LogP contribution in [0.15, 0.2) is 24.3 Å². The average Bonchev–Trinajstić information content (AvgIpc) is 2.93. The van der Waals surface area contributed by atoms with Crippen LogP contribution in [0, 0.1) is 10.1 Å². The van der Waals surface area contributed by atoms with E-state index in [4.69, 9.17) is 0 Å². The van der Waals surface area contributed by atoms with Crippen molar-refractivity contribution in [1.29, 1.82) is 0 Å². The fourth-order valence-corrected chi connectivity index (χ4v) is 2.59. The second-order valence-corrected chi connectivity index (χ2v) is 5.06. The third-order valence-electron chi connectivity index (χ3n) is 3.74. The number of hydrogen-bond acceptors (Lipinski definition) is 4. The molecule has 1 fully saturated rings. The molecule has 1 aliphatic heterocycles. The molecular formula is C14H20N4O3. The first-order chi connectivity index (χ1) is 10.1. The third-order valence-corrected chi connectivity index (χ3v) is 3.74. The van der Waals surface area contributed by atoms with Gasteiger partial charge in [0.1, 0.15) is 0 Å². The first-order valence-electron chi connectivity index (χ1n) is 7.13. The second kappa shape index (κ2) is 7.03. The first-order valence-corrected chi connectivity index (χ1v) is 7.13. The summed E-state index contributed by atoms with van der Waals surface area (Å²) in [6, 6.07) is 5.89. The summed E-state index contributed by atoms with van der Waals surface area (Å²) in [7, 11) is 0. The van der Waals surface area contributed by atoms with Gasteiger partial charge in [0.05, 0.1) is 4.92 Å². The number of benzene rings is 1. The smallest absolute Gasteiger partial charge is 0.319 e. The van der Waals surface area contributed by atoms with Gasteiger partial charge < -0.3 is 10.6 Å². The Kier molecular flexibility index (Phi) is 5.10. The summed E-state index contributed by atoms with van der Waals surface area (Å²) < 4.78 is 0. The molecule has 0 aromatic heterocycles. The molecule has 0 bridgehead atoms. The number of carbonyl (C=O) groups is 1. The summed E-state index contributed by atoms with van der Waals surface area (Å²) in [6.07, 6.45) is 2.27. The minimum absolute atomic E-state index is 0.00509. The summed E-state index contributed by atoms with van der Waals surface area (Å²) >= 11 is 0. The molecule has 2 N–H and O–H groups in total. The number of nitrogens with zero attached hydrogens (tertiary/aromatic N) is 2. The molecule has 1 aromatic carbocycles. The Hall–Kier alpha value is -2.15. The zero-order valence-electron chi connectivity index (χ0n) is 12.0. The highest BCUT2D eigenvalue weighted by atomic mass is 16.6. The van der Waals surface area contributed by atoms with Gasteiger partial charge in [-0.2, -0.15) is 0 Å². The Morgan fingerprint density at radius 2 is 2.14 bits per heavy atom. The maximum Gasteiger partial charge on any atom is 0.319 e. The number of likely N-dealkylation sites (tertiary alicyclic amines) is 1. The molecule has 1 saturated heterocycles. The van der Waals surface area contributed by atoms with Gasteiger partial charge in [0.15, 0.2) is 0 Å². The average molecular weight is 292 g/mol. The lowest BCUT2D eigenvalue weighted by molar-refractivity contribution is -0.384. The number of nitrogens with one attached hydrogen (secondary N) is 2. The zero-order valence-corrected chi connectivity index (χ0v) is 12.0. The highest BCUT2D eigenvalue weighted by Crippen LogP contribution is 2.16. The van der Waals surface area contributed by atoms with Gasteiger partial charge in [-0.25, -0.2) is 4.79 Å². The maximum atomic E-state index is 11.8. The van der Waals surface area contributed by atoms with E-state index >= 15 is 0 Å². The quantitative estimate of drug-likeness (QED) is 0.643. The maximum absolute atomic E-state index is 11.8. The fourth-order valence-electron chi connectivity index (χ4n) is 2.59. The highest BCUT2D eigenvalue weighted by molar-refractivity contribution is 5.89. The molecular weight excluding hydrogens is 272 g/mol. The number of likely N-dealkylation sites (N-methyl/N-ethyl adjacent to an activating group) is 1. The van der Waals surface area contributed by atoms with Crippen LogP contribution in [0.4, 0.5) is 16.2 Å². The Balaban J connectivity index is 1.80. The Morgan fingerprint density at radius 3 is 2.76 bits per heavy atom. The van der Waals surface area contributed by atoms with Crippen molar-refractivity contribution in [3.8, 4) is 0 Å². The first kappa shape index (κ1) is 15.2. The molecule has 2 rings (SSSR count). The number of hydrogen-bond donors (Lipinski definition) is 2. The lowest BCUT2D eigenvalue weighted by atomic mass is 10.2. The van der Waals surface area contributed by atoms with Crippen LogP contribution in [0.1, 0.15) is 19.8 Å². The van der Waals surface area contributed by atoms with Crippen LogP contribution in [-0.2, 0) is 0 Å². The summed E-state index contributed by atoms with van der Waals surface area (Å²) in [6.45, 7) is 4.82. The lowest BCUT2D eigenvalue weighted by Crippen LogP contribution is -2.41. The minimum atomic E-state index is -0.469. The van der Waals surface area contributed by atoms with Crippen molar-refractivity contribution in [2.75, 3.05) is 25.0 Å². The Morgan fingerprint density at radius 1 is 1.43 bits per heavy atom. The molecule has 0 aliphatic carbocycles. The van der Waals surface area contributed by atoms with Crippen molar-refractivity contribution >= 4 is 17.4 Å². The van der Waals surface area contributed by atoms with Crippen LogP contribution in [0.5, 0.6) is 0 Å². The van der Waals surface area contributed by atoms with Crippen LogP contribution < -0.4 is 10.6 Å². The van der Waals surface area contributed by atoms with E-state index in [9.17, 15) is 14.9 Å². The summed E-state index contributed by atoms with van der Waals surface area (Å²) in [5, 5.41) is 16.1. The van der Waals surface area contributed by atoms with E-state index in [0.29, 0.717) is 18.3 Å². The predicted molar refractivity (Wildman–Crippen MR) is 80.4 cm³/mol. The Bertz CT molecular complexity index is 503. The van der Waals surface area contributed by atoms with Gasteiger partial charge in [0, 0.05) is 30.4 Å². The molecule has 21 heavy (non-hydrogen) atoms. The molecule has 0 radical (unpaired) electrons. The number of urea groups is 1. The van der Waals surface area contributed by atoms with Crippen LogP contribution >= 0.6 is 0 Å². The van der Waals surface area contributed by atoms with Gasteiger partial charge in [-0.1, -0.05) is 6.92 Å². The number of anilines is 1. The van der Waals surface area contributed by atoms with Crippen molar-refractivity contribution < 1.29 is 9.72 Å². The van der Waals surface area contributed by atoms with Crippen molar-refractivity contribution in [2.24, 2.45) is 0 Å². The molecule has 1 aliphatic rings. The van der Waals surface area contributed by atoms with E-state index in [1.54, 1.807) is 0 Å². The van der Waals surface area contributed by atoms with E-state index in [-0.39, 0.29) is 11.7 Å². The summed E-state index contributed by atoms with van der Waals surface area (Å²) in [5.41, 5.74) is 0.544.